The minimum atomic E-state index is -3.31. The lowest BCUT2D eigenvalue weighted by Crippen LogP contribution is -2.45. The van der Waals surface area contributed by atoms with Crippen LogP contribution < -0.4 is 0 Å². The highest BCUT2D eigenvalue weighted by atomic mass is 35.5. The summed E-state index contributed by atoms with van der Waals surface area (Å²) in [5, 5.41) is 1.25. The van der Waals surface area contributed by atoms with Crippen LogP contribution in [0.15, 0.2) is 35.7 Å². The van der Waals surface area contributed by atoms with Crippen molar-refractivity contribution in [1.82, 2.24) is 4.90 Å². The van der Waals surface area contributed by atoms with E-state index in [9.17, 15) is 17.6 Å². The molecule has 2 aromatic rings. The molecule has 0 saturated carbocycles. The fourth-order valence-electron chi connectivity index (χ4n) is 2.54. The van der Waals surface area contributed by atoms with Crippen LogP contribution in [0, 0.1) is 5.82 Å². The molecule has 0 unspecified atom stereocenters. The van der Waals surface area contributed by atoms with Crippen LogP contribution in [0.3, 0.4) is 0 Å². The van der Waals surface area contributed by atoms with Crippen LogP contribution in [-0.2, 0) is 9.84 Å². The van der Waals surface area contributed by atoms with Gasteiger partial charge in [0.1, 0.15) is 11.1 Å². The van der Waals surface area contributed by atoms with Crippen LogP contribution in [0.5, 0.6) is 0 Å². The number of thiophene rings is 1. The Balaban J connectivity index is 1.88. The number of halogens is 2. The molecule has 0 spiro atoms. The van der Waals surface area contributed by atoms with E-state index in [1.54, 1.807) is 17.5 Å². The number of amides is 1. The van der Waals surface area contributed by atoms with Crippen LogP contribution in [0.2, 0.25) is 5.02 Å². The third kappa shape index (κ3) is 3.27. The van der Waals surface area contributed by atoms with E-state index in [4.69, 9.17) is 11.6 Å². The molecule has 0 aliphatic carbocycles. The molecule has 0 radical (unpaired) electrons. The van der Waals surface area contributed by atoms with Gasteiger partial charge in [-0.3, -0.25) is 4.79 Å². The van der Waals surface area contributed by atoms with Crippen LogP contribution in [0.25, 0.3) is 0 Å². The van der Waals surface area contributed by atoms with Gasteiger partial charge in [0.25, 0.3) is 5.91 Å². The number of nitrogens with zero attached hydrogens (tertiary/aromatic N) is 1. The number of carbonyl (C=O) groups is 1. The van der Waals surface area contributed by atoms with Crippen molar-refractivity contribution >= 4 is 38.7 Å². The SMILES string of the molecule is O=C(c1ccc(Cl)cc1F)N1CCS(=O)(=O)[C@@H](c2cccs2)C1. The summed E-state index contributed by atoms with van der Waals surface area (Å²) >= 11 is 7.03. The van der Waals surface area contributed by atoms with Crippen molar-refractivity contribution in [2.75, 3.05) is 18.8 Å². The number of hydrogen-bond donors (Lipinski definition) is 0. The Kier molecular flexibility index (Phi) is 4.44. The molecule has 1 amide bonds. The van der Waals surface area contributed by atoms with Gasteiger partial charge in [0, 0.05) is 23.0 Å². The minimum absolute atomic E-state index is 0.0315. The predicted octanol–water partition coefficient (Wildman–Crippen LogP) is 3.15. The van der Waals surface area contributed by atoms with E-state index in [2.05, 4.69) is 0 Å². The normalized spacial score (nSPS) is 20.4. The van der Waals surface area contributed by atoms with E-state index in [0.29, 0.717) is 4.88 Å². The fourth-order valence-corrected chi connectivity index (χ4v) is 5.61. The second-order valence-electron chi connectivity index (χ2n) is 5.25. The van der Waals surface area contributed by atoms with Gasteiger partial charge in [-0.15, -0.1) is 11.3 Å². The Hall–Kier alpha value is -1.44. The molecule has 1 aromatic heterocycles. The largest absolute Gasteiger partial charge is 0.336 e. The number of rotatable bonds is 2. The van der Waals surface area contributed by atoms with Gasteiger partial charge in [0.2, 0.25) is 0 Å². The molecular formula is C15H13ClFNO3S2. The van der Waals surface area contributed by atoms with Crippen LogP contribution in [-0.4, -0.2) is 38.1 Å². The Labute approximate surface area is 142 Å². The maximum atomic E-state index is 13.9. The molecule has 8 heteroatoms. The molecule has 4 nitrogen and oxygen atoms in total. The summed E-state index contributed by atoms with van der Waals surface area (Å²) < 4.78 is 38.5. The van der Waals surface area contributed by atoms with Crippen molar-refractivity contribution < 1.29 is 17.6 Å². The molecule has 1 fully saturated rings. The zero-order chi connectivity index (χ0) is 16.6. The lowest BCUT2D eigenvalue weighted by Gasteiger charge is -2.32. The van der Waals surface area contributed by atoms with Gasteiger partial charge in [-0.1, -0.05) is 17.7 Å². The van der Waals surface area contributed by atoms with E-state index in [0.717, 1.165) is 6.07 Å². The first-order valence-electron chi connectivity index (χ1n) is 6.88. The molecule has 3 rings (SSSR count). The topological polar surface area (TPSA) is 54.5 Å². The van der Waals surface area contributed by atoms with E-state index in [1.807, 2.05) is 0 Å². The smallest absolute Gasteiger partial charge is 0.256 e. The van der Waals surface area contributed by atoms with Gasteiger partial charge in [0.05, 0.1) is 11.3 Å². The third-order valence-electron chi connectivity index (χ3n) is 3.77. The molecule has 23 heavy (non-hydrogen) atoms. The highest BCUT2D eigenvalue weighted by molar-refractivity contribution is 7.91. The first kappa shape index (κ1) is 16.4. The number of sulfone groups is 1. The van der Waals surface area contributed by atoms with Crippen LogP contribution in [0.4, 0.5) is 4.39 Å². The Morgan fingerprint density at radius 3 is 2.78 bits per heavy atom. The summed E-state index contributed by atoms with van der Waals surface area (Å²) in [5.74, 6) is -1.35. The van der Waals surface area contributed by atoms with Crippen LogP contribution in [0.1, 0.15) is 20.5 Å². The molecular weight excluding hydrogens is 361 g/mol. The molecule has 1 atom stereocenters. The van der Waals surface area contributed by atoms with Gasteiger partial charge < -0.3 is 4.90 Å². The molecule has 0 bridgehead atoms. The zero-order valence-electron chi connectivity index (χ0n) is 11.9. The predicted molar refractivity (Wildman–Crippen MR) is 88.2 cm³/mol. The minimum Gasteiger partial charge on any atom is -0.336 e. The summed E-state index contributed by atoms with van der Waals surface area (Å²) in [7, 11) is -3.31. The first-order valence-corrected chi connectivity index (χ1v) is 9.85. The van der Waals surface area contributed by atoms with Gasteiger partial charge in [0.15, 0.2) is 9.84 Å². The van der Waals surface area contributed by atoms with E-state index in [-0.39, 0.29) is 29.4 Å². The first-order chi connectivity index (χ1) is 10.9. The van der Waals surface area contributed by atoms with Crippen molar-refractivity contribution in [2.45, 2.75) is 5.25 Å². The maximum absolute atomic E-state index is 13.9. The quantitative estimate of drug-likeness (QED) is 0.812. The standard InChI is InChI=1S/C15H13ClFNO3S2/c16-10-3-4-11(12(17)8-10)15(19)18-5-7-23(20,21)14(9-18)13-2-1-6-22-13/h1-4,6,8,14H,5,7,9H2/t14-/m1/s1. The van der Waals surface area contributed by atoms with Crippen molar-refractivity contribution in [2.24, 2.45) is 0 Å². The van der Waals surface area contributed by atoms with E-state index in [1.165, 1.54) is 28.4 Å². The third-order valence-corrected chi connectivity index (χ3v) is 7.17. The number of hydrogen-bond acceptors (Lipinski definition) is 4. The lowest BCUT2D eigenvalue weighted by atomic mass is 10.1. The second-order valence-corrected chi connectivity index (χ2v) is 8.97. The average molecular weight is 374 g/mol. The van der Waals surface area contributed by atoms with Gasteiger partial charge in [-0.05, 0) is 29.6 Å². The van der Waals surface area contributed by atoms with Gasteiger partial charge in [-0.25, -0.2) is 12.8 Å². The number of benzene rings is 1. The van der Waals surface area contributed by atoms with Gasteiger partial charge in [-0.2, -0.15) is 0 Å². The van der Waals surface area contributed by atoms with Gasteiger partial charge >= 0.3 is 0 Å². The highest BCUT2D eigenvalue weighted by Gasteiger charge is 2.37. The number of carbonyl (C=O) groups excluding carboxylic acids is 1. The summed E-state index contributed by atoms with van der Waals surface area (Å²) in [6.45, 7) is 0.0921. The molecule has 122 valence electrons. The molecule has 0 N–H and O–H groups in total. The zero-order valence-corrected chi connectivity index (χ0v) is 14.3. The fraction of sp³-hybridized carbons (Fsp3) is 0.267. The highest BCUT2D eigenvalue weighted by Crippen LogP contribution is 2.32. The summed E-state index contributed by atoms with van der Waals surface area (Å²) in [6, 6.07) is 7.35. The van der Waals surface area contributed by atoms with Crippen LogP contribution >= 0.6 is 22.9 Å². The Bertz CT molecular complexity index is 836. The van der Waals surface area contributed by atoms with Crippen molar-refractivity contribution in [3.05, 3.63) is 57.0 Å². The summed E-state index contributed by atoms with van der Waals surface area (Å²) in [4.78, 5) is 14.6. The van der Waals surface area contributed by atoms with E-state index < -0.39 is 26.8 Å². The lowest BCUT2D eigenvalue weighted by molar-refractivity contribution is 0.0754. The molecule has 1 aromatic carbocycles. The second kappa shape index (κ2) is 6.22. The summed E-state index contributed by atoms with van der Waals surface area (Å²) in [6.07, 6.45) is 0. The molecule has 2 heterocycles. The van der Waals surface area contributed by atoms with Crippen molar-refractivity contribution in [3.8, 4) is 0 Å². The summed E-state index contributed by atoms with van der Waals surface area (Å²) in [5.41, 5.74) is -0.0985. The molecule has 1 aliphatic heterocycles. The monoisotopic (exact) mass is 373 g/mol. The maximum Gasteiger partial charge on any atom is 0.256 e. The molecule has 1 aliphatic rings. The average Bonchev–Trinajstić information content (AvgIpc) is 3.00. The van der Waals surface area contributed by atoms with E-state index >= 15 is 0 Å². The van der Waals surface area contributed by atoms with Crippen molar-refractivity contribution in [1.29, 1.82) is 0 Å². The molecule has 1 saturated heterocycles. The Morgan fingerprint density at radius 1 is 1.35 bits per heavy atom. The van der Waals surface area contributed by atoms with Crippen molar-refractivity contribution in [3.63, 3.8) is 0 Å². The Morgan fingerprint density at radius 2 is 2.13 bits per heavy atom.